The average Bonchev–Trinajstić information content (AvgIpc) is 2.88. The van der Waals surface area contributed by atoms with E-state index in [1.807, 2.05) is 68.4 Å². The van der Waals surface area contributed by atoms with Gasteiger partial charge in [0.2, 0.25) is 11.8 Å². The Balaban J connectivity index is 1.79. The second-order valence-electron chi connectivity index (χ2n) is 8.52. The molecular weight excluding hydrogens is 474 g/mol. The van der Waals surface area contributed by atoms with Gasteiger partial charge in [-0.25, -0.2) is 0 Å². The first-order valence-electron chi connectivity index (χ1n) is 11.8. The summed E-state index contributed by atoms with van der Waals surface area (Å²) in [6.45, 7) is 4.68. The molecule has 36 heavy (non-hydrogen) atoms. The summed E-state index contributed by atoms with van der Waals surface area (Å²) >= 11 is 1.43. The van der Waals surface area contributed by atoms with Gasteiger partial charge in [-0.15, -0.1) is 11.8 Å². The summed E-state index contributed by atoms with van der Waals surface area (Å²) in [4.78, 5) is 38.8. The zero-order chi connectivity index (χ0) is 25.9. The maximum atomic E-state index is 13.5. The first kappa shape index (κ1) is 26.9. The van der Waals surface area contributed by atoms with Crippen molar-refractivity contribution in [3.8, 4) is 0 Å². The highest BCUT2D eigenvalue weighted by Gasteiger charge is 2.30. The lowest BCUT2D eigenvalue weighted by molar-refractivity contribution is -0.384. The standard InChI is InChI=1S/C28H31N3O4S/c1-3-29-28(33)26(17-22-7-5-4-6-8-22)30(18-23-11-9-21(2)10-12-23)27(32)20-36-19-24-13-15-25(16-14-24)31(34)35/h4-16,26H,3,17-20H2,1-2H3,(H,29,33)/t26-/m1/s1. The Morgan fingerprint density at radius 2 is 1.58 bits per heavy atom. The van der Waals surface area contributed by atoms with Gasteiger partial charge < -0.3 is 10.2 Å². The van der Waals surface area contributed by atoms with E-state index in [9.17, 15) is 19.7 Å². The van der Waals surface area contributed by atoms with Gasteiger partial charge in [0.15, 0.2) is 0 Å². The molecule has 3 aromatic rings. The Morgan fingerprint density at radius 3 is 2.19 bits per heavy atom. The van der Waals surface area contributed by atoms with Crippen LogP contribution in [0.3, 0.4) is 0 Å². The molecule has 0 heterocycles. The average molecular weight is 506 g/mol. The van der Waals surface area contributed by atoms with Crippen molar-refractivity contribution in [2.75, 3.05) is 12.3 Å². The number of non-ortho nitro benzene ring substituents is 1. The number of carbonyl (C=O) groups excluding carboxylic acids is 2. The molecule has 2 amide bonds. The lowest BCUT2D eigenvalue weighted by Crippen LogP contribution is -2.51. The van der Waals surface area contributed by atoms with E-state index in [0.717, 1.165) is 22.3 Å². The highest BCUT2D eigenvalue weighted by molar-refractivity contribution is 7.99. The topological polar surface area (TPSA) is 92.6 Å². The minimum absolute atomic E-state index is 0.0368. The molecule has 3 rings (SSSR count). The smallest absolute Gasteiger partial charge is 0.269 e. The molecule has 0 fully saturated rings. The molecule has 0 spiro atoms. The van der Waals surface area contributed by atoms with Gasteiger partial charge in [0, 0.05) is 37.4 Å². The van der Waals surface area contributed by atoms with Crippen molar-refractivity contribution in [2.24, 2.45) is 0 Å². The Hall–Kier alpha value is -3.65. The van der Waals surface area contributed by atoms with Crippen LogP contribution >= 0.6 is 11.8 Å². The van der Waals surface area contributed by atoms with E-state index in [0.29, 0.717) is 25.3 Å². The highest BCUT2D eigenvalue weighted by Crippen LogP contribution is 2.20. The van der Waals surface area contributed by atoms with Crippen LogP contribution in [0, 0.1) is 17.0 Å². The number of hydrogen-bond acceptors (Lipinski definition) is 5. The monoisotopic (exact) mass is 505 g/mol. The number of benzene rings is 3. The molecular formula is C28H31N3O4S. The van der Waals surface area contributed by atoms with Crippen molar-refractivity contribution in [1.82, 2.24) is 10.2 Å². The fourth-order valence-electron chi connectivity index (χ4n) is 3.79. The van der Waals surface area contributed by atoms with Crippen LogP contribution in [0.1, 0.15) is 29.2 Å². The Bertz CT molecular complexity index is 1150. The predicted octanol–water partition coefficient (Wildman–Crippen LogP) is 4.91. The SMILES string of the molecule is CCNC(=O)[C@@H](Cc1ccccc1)N(Cc1ccc(C)cc1)C(=O)CSCc1ccc([N+](=O)[O-])cc1. The summed E-state index contributed by atoms with van der Waals surface area (Å²) < 4.78 is 0. The molecule has 0 bridgehead atoms. The summed E-state index contributed by atoms with van der Waals surface area (Å²) in [6, 6.07) is 23.3. The van der Waals surface area contributed by atoms with Gasteiger partial charge in [0.05, 0.1) is 10.7 Å². The van der Waals surface area contributed by atoms with Crippen molar-refractivity contribution in [2.45, 2.75) is 38.6 Å². The second-order valence-corrected chi connectivity index (χ2v) is 9.51. The van der Waals surface area contributed by atoms with E-state index in [1.54, 1.807) is 17.0 Å². The maximum absolute atomic E-state index is 13.5. The van der Waals surface area contributed by atoms with Crippen LogP contribution < -0.4 is 5.32 Å². The van der Waals surface area contributed by atoms with Crippen LogP contribution in [0.4, 0.5) is 5.69 Å². The molecule has 0 aliphatic heterocycles. The molecule has 0 unspecified atom stereocenters. The summed E-state index contributed by atoms with van der Waals surface area (Å²) in [5.74, 6) is 0.414. The molecule has 1 atom stereocenters. The lowest BCUT2D eigenvalue weighted by atomic mass is 10.0. The Labute approximate surface area is 216 Å². The minimum Gasteiger partial charge on any atom is -0.355 e. The van der Waals surface area contributed by atoms with Crippen molar-refractivity contribution < 1.29 is 14.5 Å². The van der Waals surface area contributed by atoms with Crippen LogP contribution in [0.25, 0.3) is 0 Å². The van der Waals surface area contributed by atoms with E-state index in [4.69, 9.17) is 0 Å². The number of rotatable bonds is 12. The molecule has 0 aliphatic rings. The van der Waals surface area contributed by atoms with Gasteiger partial charge in [-0.3, -0.25) is 19.7 Å². The first-order valence-corrected chi connectivity index (χ1v) is 13.0. The fraction of sp³-hybridized carbons (Fsp3) is 0.286. The number of likely N-dealkylation sites (N-methyl/N-ethyl adjacent to an activating group) is 1. The van der Waals surface area contributed by atoms with Gasteiger partial charge in [-0.05, 0) is 30.5 Å². The normalized spacial score (nSPS) is 11.5. The Morgan fingerprint density at radius 1 is 0.944 bits per heavy atom. The van der Waals surface area contributed by atoms with E-state index < -0.39 is 11.0 Å². The van der Waals surface area contributed by atoms with Gasteiger partial charge in [0.1, 0.15) is 6.04 Å². The number of nitrogens with one attached hydrogen (secondary N) is 1. The zero-order valence-corrected chi connectivity index (χ0v) is 21.4. The Kier molecular flexibility index (Phi) is 10.1. The van der Waals surface area contributed by atoms with Crippen molar-refractivity contribution in [3.63, 3.8) is 0 Å². The highest BCUT2D eigenvalue weighted by atomic mass is 32.2. The molecule has 0 radical (unpaired) electrons. The maximum Gasteiger partial charge on any atom is 0.269 e. The molecule has 188 valence electrons. The summed E-state index contributed by atoms with van der Waals surface area (Å²) in [5.41, 5.74) is 3.99. The van der Waals surface area contributed by atoms with Gasteiger partial charge >= 0.3 is 0 Å². The first-order chi connectivity index (χ1) is 17.4. The quantitative estimate of drug-likeness (QED) is 0.279. The third-order valence-electron chi connectivity index (χ3n) is 5.74. The number of nitrogens with zero attached hydrogens (tertiary/aromatic N) is 2. The van der Waals surface area contributed by atoms with Crippen LogP contribution in [0.15, 0.2) is 78.9 Å². The lowest BCUT2D eigenvalue weighted by Gasteiger charge is -2.31. The second kappa shape index (κ2) is 13.4. The van der Waals surface area contributed by atoms with Crippen LogP contribution in [0.5, 0.6) is 0 Å². The zero-order valence-electron chi connectivity index (χ0n) is 20.6. The van der Waals surface area contributed by atoms with E-state index in [-0.39, 0.29) is 23.3 Å². The van der Waals surface area contributed by atoms with Crippen molar-refractivity contribution >= 4 is 29.3 Å². The van der Waals surface area contributed by atoms with Crippen LogP contribution in [-0.2, 0) is 28.3 Å². The minimum atomic E-state index is -0.652. The number of aryl methyl sites for hydroxylation is 1. The van der Waals surface area contributed by atoms with Gasteiger partial charge in [0.25, 0.3) is 5.69 Å². The molecule has 3 aromatic carbocycles. The molecule has 1 N–H and O–H groups in total. The number of thioether (sulfide) groups is 1. The molecule has 0 aromatic heterocycles. The molecule has 0 saturated heterocycles. The molecule has 0 aliphatic carbocycles. The molecule has 7 nitrogen and oxygen atoms in total. The van der Waals surface area contributed by atoms with Crippen molar-refractivity contribution in [3.05, 3.63) is 111 Å². The number of hydrogen-bond donors (Lipinski definition) is 1. The predicted molar refractivity (Wildman–Crippen MR) is 144 cm³/mol. The number of nitro groups is 1. The van der Waals surface area contributed by atoms with Crippen molar-refractivity contribution in [1.29, 1.82) is 0 Å². The van der Waals surface area contributed by atoms with E-state index in [1.165, 1.54) is 23.9 Å². The number of amides is 2. The summed E-state index contributed by atoms with van der Waals surface area (Å²) in [7, 11) is 0. The molecule has 8 heteroatoms. The third-order valence-corrected chi connectivity index (χ3v) is 6.73. The number of nitro benzene ring substituents is 1. The van der Waals surface area contributed by atoms with Gasteiger partial charge in [-0.2, -0.15) is 0 Å². The van der Waals surface area contributed by atoms with Crippen LogP contribution in [-0.4, -0.2) is 40.0 Å². The molecule has 0 saturated carbocycles. The summed E-state index contributed by atoms with van der Waals surface area (Å²) in [6.07, 6.45) is 0.414. The van der Waals surface area contributed by atoms with Gasteiger partial charge in [-0.1, -0.05) is 72.3 Å². The number of carbonyl (C=O) groups is 2. The third kappa shape index (κ3) is 7.95. The van der Waals surface area contributed by atoms with Crippen LogP contribution in [0.2, 0.25) is 0 Å². The fourth-order valence-corrected chi connectivity index (χ4v) is 4.66. The largest absolute Gasteiger partial charge is 0.355 e. The summed E-state index contributed by atoms with van der Waals surface area (Å²) in [5, 5.41) is 13.8. The van der Waals surface area contributed by atoms with E-state index in [2.05, 4.69) is 5.32 Å². The van der Waals surface area contributed by atoms with E-state index >= 15 is 0 Å².